The molecule has 2 aromatic rings. The molecule has 28 heavy (non-hydrogen) atoms. The molecule has 0 atom stereocenters. The standard InChI is InChI=1S/C22H22FNO3.ClH/c1-15-6-7-16(12-19(15)23)18-13-22(27-20-5-3-2-4-17(18)20)8-10-24(11-9-22)14-21(25)26;/h2-7,12-13H,8-11,14H2,1H3,(H,25,26);1H. The number of halogens is 2. The second-order valence-corrected chi connectivity index (χ2v) is 7.35. The van der Waals surface area contributed by atoms with Crippen molar-refractivity contribution >= 4 is 23.9 Å². The van der Waals surface area contributed by atoms with Crippen LogP contribution in [0.25, 0.3) is 5.57 Å². The number of carboxylic acid groups (broad SMARTS) is 1. The van der Waals surface area contributed by atoms with Gasteiger partial charge in [-0.3, -0.25) is 9.69 Å². The van der Waals surface area contributed by atoms with Gasteiger partial charge in [-0.05, 0) is 41.8 Å². The lowest BCUT2D eigenvalue weighted by atomic mass is 9.83. The molecule has 1 fully saturated rings. The fraction of sp³-hybridized carbons (Fsp3) is 0.318. The van der Waals surface area contributed by atoms with E-state index in [-0.39, 0.29) is 24.8 Å². The molecule has 2 heterocycles. The molecule has 1 saturated heterocycles. The second-order valence-electron chi connectivity index (χ2n) is 7.35. The lowest BCUT2D eigenvalue weighted by molar-refractivity contribution is -0.139. The average molecular weight is 404 g/mol. The summed E-state index contributed by atoms with van der Waals surface area (Å²) in [6, 6.07) is 13.1. The third kappa shape index (κ3) is 3.91. The van der Waals surface area contributed by atoms with Crippen LogP contribution in [-0.2, 0) is 4.79 Å². The minimum absolute atomic E-state index is 0. The van der Waals surface area contributed by atoms with E-state index in [4.69, 9.17) is 9.84 Å². The summed E-state index contributed by atoms with van der Waals surface area (Å²) >= 11 is 0. The number of hydrogen-bond acceptors (Lipinski definition) is 3. The maximum absolute atomic E-state index is 14.2. The van der Waals surface area contributed by atoms with Crippen molar-refractivity contribution < 1.29 is 19.0 Å². The van der Waals surface area contributed by atoms with Gasteiger partial charge in [-0.25, -0.2) is 4.39 Å². The number of rotatable bonds is 3. The molecule has 4 nitrogen and oxygen atoms in total. The normalized spacial score (nSPS) is 17.9. The highest BCUT2D eigenvalue weighted by Gasteiger charge is 2.39. The number of hydrogen-bond donors (Lipinski definition) is 1. The summed E-state index contributed by atoms with van der Waals surface area (Å²) in [5.41, 5.74) is 2.90. The van der Waals surface area contributed by atoms with Gasteiger partial charge in [0.2, 0.25) is 0 Å². The molecule has 0 amide bonds. The molecule has 0 saturated carbocycles. The van der Waals surface area contributed by atoms with Crippen molar-refractivity contribution in [2.75, 3.05) is 19.6 Å². The Morgan fingerprint density at radius 3 is 2.61 bits per heavy atom. The largest absolute Gasteiger partial charge is 0.482 e. The van der Waals surface area contributed by atoms with E-state index in [9.17, 15) is 9.18 Å². The van der Waals surface area contributed by atoms with Crippen molar-refractivity contribution in [1.82, 2.24) is 4.90 Å². The monoisotopic (exact) mass is 403 g/mol. The highest BCUT2D eigenvalue weighted by molar-refractivity contribution is 5.85. The molecule has 4 rings (SSSR count). The Labute approximate surface area is 170 Å². The molecule has 0 bridgehead atoms. The topological polar surface area (TPSA) is 49.8 Å². The number of aliphatic carboxylic acids is 1. The molecule has 2 aromatic carbocycles. The molecular formula is C22H23ClFNO3. The van der Waals surface area contributed by atoms with E-state index >= 15 is 0 Å². The number of fused-ring (bicyclic) bond motifs is 1. The fourth-order valence-electron chi connectivity index (χ4n) is 3.89. The van der Waals surface area contributed by atoms with Crippen molar-refractivity contribution in [3.63, 3.8) is 0 Å². The molecule has 2 aliphatic heterocycles. The first-order valence-corrected chi connectivity index (χ1v) is 9.18. The molecule has 0 radical (unpaired) electrons. The Morgan fingerprint density at radius 1 is 1.21 bits per heavy atom. The summed E-state index contributed by atoms with van der Waals surface area (Å²) in [6.07, 6.45) is 3.51. The lowest BCUT2D eigenvalue weighted by Gasteiger charge is -2.42. The van der Waals surface area contributed by atoms with Gasteiger partial charge in [-0.15, -0.1) is 12.4 Å². The predicted molar refractivity (Wildman–Crippen MR) is 109 cm³/mol. The smallest absolute Gasteiger partial charge is 0.317 e. The summed E-state index contributed by atoms with van der Waals surface area (Å²) < 4.78 is 20.6. The number of para-hydroxylation sites is 1. The van der Waals surface area contributed by atoms with Crippen molar-refractivity contribution in [3.8, 4) is 5.75 Å². The second kappa shape index (κ2) is 7.94. The molecular weight excluding hydrogens is 381 g/mol. The number of carbonyl (C=O) groups is 1. The summed E-state index contributed by atoms with van der Waals surface area (Å²) in [6.45, 7) is 3.11. The van der Waals surface area contributed by atoms with Gasteiger partial charge in [-0.2, -0.15) is 0 Å². The van der Waals surface area contributed by atoms with Crippen LogP contribution in [0.15, 0.2) is 48.5 Å². The maximum Gasteiger partial charge on any atom is 0.317 e. The Balaban J connectivity index is 0.00000225. The van der Waals surface area contributed by atoms with E-state index in [1.54, 1.807) is 19.1 Å². The summed E-state index contributed by atoms with van der Waals surface area (Å²) in [5, 5.41) is 9.02. The molecule has 0 unspecified atom stereocenters. The molecule has 0 aliphatic carbocycles. The first-order chi connectivity index (χ1) is 13.0. The highest BCUT2D eigenvalue weighted by atomic mass is 35.5. The van der Waals surface area contributed by atoms with E-state index in [1.807, 2.05) is 35.2 Å². The van der Waals surface area contributed by atoms with Gasteiger partial charge >= 0.3 is 5.97 Å². The molecule has 6 heteroatoms. The zero-order valence-electron chi connectivity index (χ0n) is 15.7. The van der Waals surface area contributed by atoms with E-state index < -0.39 is 11.6 Å². The van der Waals surface area contributed by atoms with Crippen molar-refractivity contribution in [2.45, 2.75) is 25.4 Å². The number of carboxylic acids is 1. The Bertz CT molecular complexity index is 920. The number of nitrogens with zero attached hydrogens (tertiary/aromatic N) is 1. The number of piperidine rings is 1. The van der Waals surface area contributed by atoms with Crippen LogP contribution in [-0.4, -0.2) is 41.2 Å². The minimum Gasteiger partial charge on any atom is -0.482 e. The van der Waals surface area contributed by atoms with Crippen molar-refractivity contribution in [1.29, 1.82) is 0 Å². The minimum atomic E-state index is -0.813. The van der Waals surface area contributed by atoms with Gasteiger partial charge in [-0.1, -0.05) is 30.3 Å². The van der Waals surface area contributed by atoms with Crippen LogP contribution in [0, 0.1) is 12.7 Å². The number of aryl methyl sites for hydroxylation is 1. The third-order valence-electron chi connectivity index (χ3n) is 5.44. The predicted octanol–water partition coefficient (Wildman–Crippen LogP) is 4.30. The lowest BCUT2D eigenvalue weighted by Crippen LogP contribution is -2.49. The van der Waals surface area contributed by atoms with Crippen molar-refractivity contribution in [2.24, 2.45) is 0 Å². The molecule has 1 spiro atoms. The SMILES string of the molecule is Cc1ccc(C2=CC3(CCN(CC(=O)O)CC3)Oc3ccccc32)cc1F.Cl. The zero-order valence-corrected chi connectivity index (χ0v) is 16.5. The Kier molecular flexibility index (Phi) is 5.77. The van der Waals surface area contributed by atoms with Gasteiger partial charge in [0.25, 0.3) is 0 Å². The Morgan fingerprint density at radius 2 is 1.93 bits per heavy atom. The van der Waals surface area contributed by atoms with Crippen LogP contribution in [0.3, 0.4) is 0 Å². The number of likely N-dealkylation sites (tertiary alicyclic amines) is 1. The van der Waals surface area contributed by atoms with Gasteiger partial charge in [0.05, 0.1) is 6.54 Å². The first kappa shape index (κ1) is 20.4. The molecule has 1 N–H and O–H groups in total. The van der Waals surface area contributed by atoms with Crippen LogP contribution in [0.4, 0.5) is 4.39 Å². The van der Waals surface area contributed by atoms with Crippen LogP contribution in [0.2, 0.25) is 0 Å². The average Bonchev–Trinajstić information content (AvgIpc) is 2.65. The molecule has 2 aliphatic rings. The quantitative estimate of drug-likeness (QED) is 0.830. The summed E-state index contributed by atoms with van der Waals surface area (Å²) in [7, 11) is 0. The van der Waals surface area contributed by atoms with Gasteiger partial charge in [0.1, 0.15) is 17.2 Å². The summed E-state index contributed by atoms with van der Waals surface area (Å²) in [5.74, 6) is -0.238. The van der Waals surface area contributed by atoms with E-state index in [2.05, 4.69) is 6.08 Å². The highest BCUT2D eigenvalue weighted by Crippen LogP contribution is 2.43. The number of benzene rings is 2. The third-order valence-corrected chi connectivity index (χ3v) is 5.44. The van der Waals surface area contributed by atoms with Crippen LogP contribution < -0.4 is 4.74 Å². The van der Waals surface area contributed by atoms with Gasteiger partial charge in [0.15, 0.2) is 0 Å². The first-order valence-electron chi connectivity index (χ1n) is 9.18. The van der Waals surface area contributed by atoms with E-state index in [0.717, 1.165) is 22.4 Å². The van der Waals surface area contributed by atoms with E-state index in [0.29, 0.717) is 31.5 Å². The van der Waals surface area contributed by atoms with Crippen LogP contribution in [0.1, 0.15) is 29.5 Å². The fourth-order valence-corrected chi connectivity index (χ4v) is 3.89. The zero-order chi connectivity index (χ0) is 19.0. The van der Waals surface area contributed by atoms with Crippen molar-refractivity contribution in [3.05, 3.63) is 71.0 Å². The number of ether oxygens (including phenoxy) is 1. The summed E-state index contributed by atoms with van der Waals surface area (Å²) in [4.78, 5) is 12.9. The van der Waals surface area contributed by atoms with Crippen LogP contribution in [0.5, 0.6) is 5.75 Å². The Hall–Kier alpha value is -2.37. The van der Waals surface area contributed by atoms with Crippen LogP contribution >= 0.6 is 12.4 Å². The maximum atomic E-state index is 14.2. The van der Waals surface area contributed by atoms with Gasteiger partial charge < -0.3 is 9.84 Å². The molecule has 0 aromatic heterocycles. The van der Waals surface area contributed by atoms with Gasteiger partial charge in [0, 0.05) is 31.5 Å². The molecule has 148 valence electrons. The van der Waals surface area contributed by atoms with E-state index in [1.165, 1.54) is 0 Å².